The molecule has 1 aromatic heterocycles. The minimum absolute atomic E-state index is 0.0650. The quantitative estimate of drug-likeness (QED) is 0.843. The molecule has 2 rings (SSSR count). The van der Waals surface area contributed by atoms with Gasteiger partial charge in [-0.2, -0.15) is 13.2 Å². The van der Waals surface area contributed by atoms with Crippen LogP contribution >= 0.6 is 0 Å². The molecule has 0 spiro atoms. The van der Waals surface area contributed by atoms with Crippen molar-refractivity contribution in [3.8, 4) is 11.6 Å². The molecule has 1 aromatic carbocycles. The van der Waals surface area contributed by atoms with Gasteiger partial charge < -0.3 is 4.74 Å². The predicted octanol–water partition coefficient (Wildman–Crippen LogP) is 2.67. The van der Waals surface area contributed by atoms with E-state index in [1.54, 1.807) is 0 Å². The maximum absolute atomic E-state index is 12.7. The average Bonchev–Trinajstić information content (AvgIpc) is 2.52. The Hall–Kier alpha value is -3.10. The van der Waals surface area contributed by atoms with Crippen LogP contribution in [0.2, 0.25) is 0 Å². The molecule has 0 aliphatic carbocycles. The number of alkyl halides is 3. The fourth-order valence-corrected chi connectivity index (χ4v) is 1.66. The lowest BCUT2D eigenvalue weighted by Gasteiger charge is -2.10. The van der Waals surface area contributed by atoms with Gasteiger partial charge in [0.15, 0.2) is 0 Å². The topological polar surface area (TPSA) is 80.3 Å². The number of carbonyl (C=O) groups excluding carboxylic acids is 2. The largest absolute Gasteiger partial charge is 0.439 e. The number of pyridine rings is 1. The summed E-state index contributed by atoms with van der Waals surface area (Å²) >= 11 is 0. The summed E-state index contributed by atoms with van der Waals surface area (Å²) in [4.78, 5) is 26.4. The number of ether oxygens (including phenoxy) is 1. The van der Waals surface area contributed by atoms with Crippen molar-refractivity contribution in [1.82, 2.24) is 15.8 Å². The lowest BCUT2D eigenvalue weighted by molar-refractivity contribution is -0.137. The van der Waals surface area contributed by atoms with Crippen LogP contribution in [0.5, 0.6) is 11.6 Å². The summed E-state index contributed by atoms with van der Waals surface area (Å²) in [5.74, 6) is -1.30. The summed E-state index contributed by atoms with van der Waals surface area (Å²) in [5, 5.41) is 0. The molecule has 2 amide bonds. The maximum Gasteiger partial charge on any atom is 0.416 e. The third-order valence-corrected chi connectivity index (χ3v) is 2.69. The van der Waals surface area contributed by atoms with Gasteiger partial charge in [0, 0.05) is 13.0 Å². The van der Waals surface area contributed by atoms with Gasteiger partial charge >= 0.3 is 6.18 Å². The highest BCUT2D eigenvalue weighted by molar-refractivity contribution is 5.93. The number of amides is 2. The van der Waals surface area contributed by atoms with Gasteiger partial charge in [0.05, 0.1) is 5.56 Å². The van der Waals surface area contributed by atoms with Crippen molar-refractivity contribution < 1.29 is 27.5 Å². The standard InChI is InChI=1S/C15H12F3N3O3/c1-9(22)20-21-14(23)12-6-3-7-13(19-12)24-11-5-2-4-10(8-11)15(16,17)18/h2-8H,1H3,(H,20,22)(H,21,23). The van der Waals surface area contributed by atoms with Crippen molar-refractivity contribution in [3.63, 3.8) is 0 Å². The highest BCUT2D eigenvalue weighted by Gasteiger charge is 2.30. The van der Waals surface area contributed by atoms with Crippen LogP contribution in [-0.4, -0.2) is 16.8 Å². The van der Waals surface area contributed by atoms with Gasteiger partial charge in [-0.1, -0.05) is 12.1 Å². The predicted molar refractivity (Wildman–Crippen MR) is 77.0 cm³/mol. The van der Waals surface area contributed by atoms with E-state index in [0.29, 0.717) is 0 Å². The van der Waals surface area contributed by atoms with Crippen LogP contribution in [0.25, 0.3) is 0 Å². The number of halogens is 3. The maximum atomic E-state index is 12.7. The van der Waals surface area contributed by atoms with Gasteiger partial charge in [-0.15, -0.1) is 0 Å². The summed E-state index contributed by atoms with van der Waals surface area (Å²) in [7, 11) is 0. The number of hydrogen-bond acceptors (Lipinski definition) is 4. The Kier molecular flexibility index (Phi) is 5.02. The number of carbonyl (C=O) groups is 2. The molecular weight excluding hydrogens is 327 g/mol. The minimum atomic E-state index is -4.49. The number of hydrazine groups is 1. The van der Waals surface area contributed by atoms with Crippen molar-refractivity contribution in [2.75, 3.05) is 0 Å². The van der Waals surface area contributed by atoms with Gasteiger partial charge in [-0.05, 0) is 24.3 Å². The van der Waals surface area contributed by atoms with Crippen LogP contribution in [0.3, 0.4) is 0 Å². The highest BCUT2D eigenvalue weighted by atomic mass is 19.4. The first kappa shape index (κ1) is 17.3. The number of nitrogens with one attached hydrogen (secondary N) is 2. The SMILES string of the molecule is CC(=O)NNC(=O)c1cccc(Oc2cccc(C(F)(F)F)c2)n1. The van der Waals surface area contributed by atoms with Crippen molar-refractivity contribution >= 4 is 11.8 Å². The van der Waals surface area contributed by atoms with E-state index >= 15 is 0 Å². The molecule has 0 bridgehead atoms. The Morgan fingerprint density at radius 1 is 1.08 bits per heavy atom. The first-order valence-corrected chi connectivity index (χ1v) is 6.65. The molecule has 0 aliphatic heterocycles. The molecule has 0 radical (unpaired) electrons. The van der Waals surface area contributed by atoms with E-state index in [1.165, 1.54) is 37.3 Å². The van der Waals surface area contributed by atoms with E-state index in [9.17, 15) is 22.8 Å². The molecular formula is C15H12F3N3O3. The molecule has 1 heterocycles. The van der Waals surface area contributed by atoms with Gasteiger partial charge in [0.1, 0.15) is 11.4 Å². The normalized spacial score (nSPS) is 10.8. The minimum Gasteiger partial charge on any atom is -0.439 e. The third-order valence-electron chi connectivity index (χ3n) is 2.69. The first-order chi connectivity index (χ1) is 11.3. The Morgan fingerprint density at radius 3 is 2.46 bits per heavy atom. The molecule has 0 fully saturated rings. The molecule has 9 heteroatoms. The Labute approximate surface area is 134 Å². The molecule has 6 nitrogen and oxygen atoms in total. The number of benzene rings is 1. The highest BCUT2D eigenvalue weighted by Crippen LogP contribution is 2.32. The van der Waals surface area contributed by atoms with Gasteiger partial charge in [-0.25, -0.2) is 4.98 Å². The van der Waals surface area contributed by atoms with Crippen LogP contribution in [-0.2, 0) is 11.0 Å². The van der Waals surface area contributed by atoms with Gasteiger partial charge in [-0.3, -0.25) is 20.4 Å². The smallest absolute Gasteiger partial charge is 0.416 e. The van der Waals surface area contributed by atoms with Crippen LogP contribution in [0.1, 0.15) is 23.0 Å². The van der Waals surface area contributed by atoms with Crippen LogP contribution in [0, 0.1) is 0 Å². The van der Waals surface area contributed by atoms with E-state index in [-0.39, 0.29) is 17.3 Å². The summed E-state index contributed by atoms with van der Waals surface area (Å²) < 4.78 is 43.3. The van der Waals surface area contributed by atoms with Crippen molar-refractivity contribution in [2.45, 2.75) is 13.1 Å². The molecule has 0 atom stereocenters. The Bertz CT molecular complexity index is 763. The molecule has 2 aromatic rings. The van der Waals surface area contributed by atoms with Crippen LogP contribution < -0.4 is 15.6 Å². The lowest BCUT2D eigenvalue weighted by atomic mass is 10.2. The van der Waals surface area contributed by atoms with E-state index in [1.807, 2.05) is 0 Å². The van der Waals surface area contributed by atoms with E-state index in [0.717, 1.165) is 12.1 Å². The van der Waals surface area contributed by atoms with Crippen molar-refractivity contribution in [3.05, 3.63) is 53.7 Å². The summed E-state index contributed by atoms with van der Waals surface area (Å²) in [6, 6.07) is 8.46. The zero-order chi connectivity index (χ0) is 17.7. The molecule has 126 valence electrons. The molecule has 2 N–H and O–H groups in total. The number of nitrogens with zero attached hydrogens (tertiary/aromatic N) is 1. The lowest BCUT2D eigenvalue weighted by Crippen LogP contribution is -2.40. The van der Waals surface area contributed by atoms with Crippen molar-refractivity contribution in [1.29, 1.82) is 0 Å². The van der Waals surface area contributed by atoms with E-state index < -0.39 is 23.6 Å². The Balaban J connectivity index is 2.15. The molecule has 0 saturated carbocycles. The average molecular weight is 339 g/mol. The summed E-state index contributed by atoms with van der Waals surface area (Å²) in [5.41, 5.74) is 3.27. The van der Waals surface area contributed by atoms with Crippen LogP contribution in [0.4, 0.5) is 13.2 Å². The second-order valence-corrected chi connectivity index (χ2v) is 4.62. The van der Waals surface area contributed by atoms with E-state index in [4.69, 9.17) is 4.74 Å². The van der Waals surface area contributed by atoms with E-state index in [2.05, 4.69) is 15.8 Å². The number of rotatable bonds is 3. The first-order valence-electron chi connectivity index (χ1n) is 6.65. The molecule has 0 saturated heterocycles. The summed E-state index contributed by atoms with van der Waals surface area (Å²) in [6.45, 7) is 1.21. The summed E-state index contributed by atoms with van der Waals surface area (Å²) in [6.07, 6.45) is -4.49. The number of hydrogen-bond donors (Lipinski definition) is 2. The monoisotopic (exact) mass is 339 g/mol. The van der Waals surface area contributed by atoms with Crippen LogP contribution in [0.15, 0.2) is 42.5 Å². The zero-order valence-electron chi connectivity index (χ0n) is 12.3. The second kappa shape index (κ2) is 6.99. The fraction of sp³-hybridized carbons (Fsp3) is 0.133. The zero-order valence-corrected chi connectivity index (χ0v) is 12.3. The molecule has 24 heavy (non-hydrogen) atoms. The molecule has 0 aliphatic rings. The number of aromatic nitrogens is 1. The van der Waals surface area contributed by atoms with Gasteiger partial charge in [0.25, 0.3) is 5.91 Å². The fourth-order valence-electron chi connectivity index (χ4n) is 1.66. The molecule has 0 unspecified atom stereocenters. The van der Waals surface area contributed by atoms with Crippen molar-refractivity contribution in [2.24, 2.45) is 0 Å². The third kappa shape index (κ3) is 4.70. The Morgan fingerprint density at radius 2 is 1.79 bits per heavy atom. The van der Waals surface area contributed by atoms with Gasteiger partial charge in [0.2, 0.25) is 11.8 Å². The second-order valence-electron chi connectivity index (χ2n) is 4.62.